The van der Waals surface area contributed by atoms with Crippen molar-refractivity contribution in [3.05, 3.63) is 97.2 Å². The first-order valence-electron chi connectivity index (χ1n) is 35.2. The molecular weight excluding hydrogens is 1010 g/mol. The van der Waals surface area contributed by atoms with Gasteiger partial charge in [-0.1, -0.05) is 330 Å². The second kappa shape index (κ2) is 69.8. The first kappa shape index (κ1) is 78.3. The lowest BCUT2D eigenvalue weighted by Gasteiger charge is -2.18. The van der Waals surface area contributed by atoms with Gasteiger partial charge in [-0.05, 0) is 96.3 Å². The van der Waals surface area contributed by atoms with Gasteiger partial charge in [0.25, 0.3) is 0 Å². The van der Waals surface area contributed by atoms with Gasteiger partial charge in [-0.25, -0.2) is 0 Å². The second-order valence-corrected chi connectivity index (χ2v) is 23.4. The zero-order valence-electron chi connectivity index (χ0n) is 54.2. The highest BCUT2D eigenvalue weighted by molar-refractivity contribution is 5.71. The molecule has 0 aromatic heterocycles. The predicted octanol–water partition coefficient (Wildman–Crippen LogP) is 24.4. The third-order valence-electron chi connectivity index (χ3n) is 15.3. The van der Waals surface area contributed by atoms with Crippen LogP contribution in [0.2, 0.25) is 0 Å². The molecule has 0 aromatic carbocycles. The molecule has 0 aliphatic heterocycles. The average Bonchev–Trinajstić information content (AvgIpc) is 3.47. The molecule has 0 bridgehead atoms. The molecule has 0 radical (unpaired) electrons. The van der Waals surface area contributed by atoms with Crippen LogP contribution in [0.1, 0.15) is 348 Å². The molecule has 0 saturated carbocycles. The van der Waals surface area contributed by atoms with Crippen molar-refractivity contribution >= 4 is 17.9 Å². The highest BCUT2D eigenvalue weighted by Crippen LogP contribution is 2.17. The molecule has 6 heteroatoms. The lowest BCUT2D eigenvalue weighted by molar-refractivity contribution is -0.167. The molecule has 0 aliphatic carbocycles. The summed E-state index contributed by atoms with van der Waals surface area (Å²) < 4.78 is 16.9. The summed E-state index contributed by atoms with van der Waals surface area (Å²) in [6.07, 6.45) is 94.4. The fourth-order valence-electron chi connectivity index (χ4n) is 10.1. The topological polar surface area (TPSA) is 78.9 Å². The largest absolute Gasteiger partial charge is 0.462 e. The Balaban J connectivity index is 4.33. The zero-order chi connectivity index (χ0) is 59.2. The van der Waals surface area contributed by atoms with Crippen molar-refractivity contribution in [1.82, 2.24) is 0 Å². The summed E-state index contributed by atoms with van der Waals surface area (Å²) in [5.41, 5.74) is 0. The van der Waals surface area contributed by atoms with Crippen LogP contribution in [-0.2, 0) is 28.6 Å². The number of unbranched alkanes of at least 4 members (excludes halogenated alkanes) is 37. The smallest absolute Gasteiger partial charge is 0.306 e. The van der Waals surface area contributed by atoms with E-state index in [1.165, 1.54) is 212 Å². The Labute approximate surface area is 508 Å². The van der Waals surface area contributed by atoms with Crippen molar-refractivity contribution < 1.29 is 28.6 Å². The summed E-state index contributed by atoms with van der Waals surface area (Å²) in [5.74, 6) is -0.936. The van der Waals surface area contributed by atoms with Crippen LogP contribution in [0.25, 0.3) is 0 Å². The Bertz CT molecular complexity index is 1590. The maximum Gasteiger partial charge on any atom is 0.306 e. The van der Waals surface area contributed by atoms with Crippen molar-refractivity contribution in [1.29, 1.82) is 0 Å². The predicted molar refractivity (Wildman–Crippen MR) is 357 cm³/mol. The normalized spacial score (nSPS) is 12.7. The minimum Gasteiger partial charge on any atom is -0.462 e. The van der Waals surface area contributed by atoms with Gasteiger partial charge in [0.1, 0.15) is 13.2 Å². The summed E-state index contributed by atoms with van der Waals surface area (Å²) in [4.78, 5) is 38.4. The van der Waals surface area contributed by atoms with E-state index >= 15 is 0 Å². The zero-order valence-corrected chi connectivity index (χ0v) is 54.2. The molecule has 0 heterocycles. The molecule has 0 rings (SSSR count). The van der Waals surface area contributed by atoms with Gasteiger partial charge < -0.3 is 14.2 Å². The summed E-state index contributed by atoms with van der Waals surface area (Å²) in [7, 11) is 0. The summed E-state index contributed by atoms with van der Waals surface area (Å²) in [5, 5.41) is 0. The molecule has 6 nitrogen and oxygen atoms in total. The van der Waals surface area contributed by atoms with Gasteiger partial charge in [-0.2, -0.15) is 0 Å². The fourth-order valence-corrected chi connectivity index (χ4v) is 10.1. The van der Waals surface area contributed by atoms with Gasteiger partial charge in [-0.15, -0.1) is 0 Å². The van der Waals surface area contributed by atoms with Crippen molar-refractivity contribution in [2.24, 2.45) is 0 Å². The Morgan fingerprint density at radius 3 is 0.793 bits per heavy atom. The number of ether oxygens (including phenoxy) is 3. The van der Waals surface area contributed by atoms with Crippen molar-refractivity contribution in [3.8, 4) is 0 Å². The molecule has 472 valence electrons. The average molecular weight is 1140 g/mol. The molecule has 0 N–H and O–H groups in total. The Morgan fingerprint density at radius 1 is 0.256 bits per heavy atom. The molecule has 82 heavy (non-hydrogen) atoms. The van der Waals surface area contributed by atoms with E-state index in [0.29, 0.717) is 19.3 Å². The first-order valence-corrected chi connectivity index (χ1v) is 35.2. The number of rotatable bonds is 64. The number of carbonyl (C=O) groups excluding carboxylic acids is 3. The van der Waals surface area contributed by atoms with E-state index in [9.17, 15) is 14.4 Å². The number of allylic oxidation sites excluding steroid dienone is 16. The van der Waals surface area contributed by atoms with Crippen molar-refractivity contribution in [3.63, 3.8) is 0 Å². The summed E-state index contributed by atoms with van der Waals surface area (Å²) >= 11 is 0. The minimum absolute atomic E-state index is 0.0924. The van der Waals surface area contributed by atoms with Crippen LogP contribution >= 0.6 is 0 Å². The van der Waals surface area contributed by atoms with Crippen LogP contribution < -0.4 is 0 Å². The molecule has 0 amide bonds. The molecule has 1 atom stereocenters. The third-order valence-corrected chi connectivity index (χ3v) is 15.3. The molecule has 0 aliphatic rings. The Morgan fingerprint density at radius 2 is 0.488 bits per heavy atom. The van der Waals surface area contributed by atoms with Crippen LogP contribution in [0.3, 0.4) is 0 Å². The van der Waals surface area contributed by atoms with E-state index in [2.05, 4.69) is 118 Å². The summed E-state index contributed by atoms with van der Waals surface area (Å²) in [6, 6.07) is 0. The first-order chi connectivity index (χ1) is 40.5. The molecule has 0 aromatic rings. The van der Waals surface area contributed by atoms with E-state index in [1.807, 2.05) is 0 Å². The van der Waals surface area contributed by atoms with Crippen LogP contribution in [0.15, 0.2) is 97.2 Å². The minimum atomic E-state index is -0.801. The molecule has 1 unspecified atom stereocenters. The van der Waals surface area contributed by atoms with Gasteiger partial charge in [0.05, 0.1) is 0 Å². The lowest BCUT2D eigenvalue weighted by atomic mass is 10.0. The third kappa shape index (κ3) is 67.1. The molecule has 0 fully saturated rings. The highest BCUT2D eigenvalue weighted by atomic mass is 16.6. The van der Waals surface area contributed by atoms with Crippen molar-refractivity contribution in [2.75, 3.05) is 13.2 Å². The van der Waals surface area contributed by atoms with Gasteiger partial charge in [0.2, 0.25) is 0 Å². The Hall–Kier alpha value is -3.67. The monoisotopic (exact) mass is 1140 g/mol. The number of hydrogen-bond acceptors (Lipinski definition) is 6. The van der Waals surface area contributed by atoms with Crippen LogP contribution in [0, 0.1) is 0 Å². The van der Waals surface area contributed by atoms with Gasteiger partial charge >= 0.3 is 17.9 Å². The van der Waals surface area contributed by atoms with E-state index in [1.54, 1.807) is 0 Å². The Kier molecular flexibility index (Phi) is 66.7. The second-order valence-electron chi connectivity index (χ2n) is 23.4. The highest BCUT2D eigenvalue weighted by Gasteiger charge is 2.19. The van der Waals surface area contributed by atoms with Gasteiger partial charge in [0, 0.05) is 19.3 Å². The quantitative estimate of drug-likeness (QED) is 0.0261. The lowest BCUT2D eigenvalue weighted by Crippen LogP contribution is -2.30. The fraction of sp³-hybridized carbons (Fsp3) is 0.750. The van der Waals surface area contributed by atoms with Crippen LogP contribution in [0.5, 0.6) is 0 Å². The number of hydrogen-bond donors (Lipinski definition) is 0. The number of esters is 3. The van der Waals surface area contributed by atoms with Crippen LogP contribution in [-0.4, -0.2) is 37.2 Å². The molecule has 0 spiro atoms. The van der Waals surface area contributed by atoms with E-state index in [4.69, 9.17) is 14.2 Å². The van der Waals surface area contributed by atoms with Crippen LogP contribution in [0.4, 0.5) is 0 Å². The van der Waals surface area contributed by atoms with Gasteiger partial charge in [-0.3, -0.25) is 14.4 Å². The maximum atomic E-state index is 12.9. The molecular formula is C76H132O6. The van der Waals surface area contributed by atoms with E-state index in [0.717, 1.165) is 89.9 Å². The number of carbonyl (C=O) groups is 3. The van der Waals surface area contributed by atoms with Gasteiger partial charge in [0.15, 0.2) is 6.10 Å². The SMILES string of the molecule is CC/C=C\C/C=C\C/C=C\C/C=C\C/C=C\CCCC(=O)OCC(COC(=O)CCCCCCCCCCCCCCCC/C=C\C/C=C\C/C=C\CCCCCCC)OC(=O)CCCCCCCCCCCCCCCCCCCC. The standard InChI is InChI=1S/C76H132O6/c1-4-7-10-13-16-19-22-25-28-31-33-34-35-36-37-38-39-40-41-42-43-46-48-51-54-57-60-63-66-69-75(78)81-72-73(71-80-74(77)68-65-62-59-56-53-50-47-44-30-27-24-21-18-15-12-9-6-3)82-76(79)70-67-64-61-58-55-52-49-45-32-29-26-23-20-17-14-11-8-5-2/h9,12,18,21-22,25,27,30-31,33,35-36,47,50,56,59,73H,4-8,10-11,13-17,19-20,23-24,26,28-29,32,34,37-46,48-49,51-55,57-58,60-72H2,1-3H3/b12-9-,21-18-,25-22-,30-27-,33-31-,36-35-,50-47-,59-56-. The maximum absolute atomic E-state index is 12.9. The molecule has 0 saturated heterocycles. The summed E-state index contributed by atoms with van der Waals surface area (Å²) in [6.45, 7) is 6.51. The van der Waals surface area contributed by atoms with E-state index in [-0.39, 0.29) is 37.5 Å². The van der Waals surface area contributed by atoms with E-state index < -0.39 is 6.10 Å². The van der Waals surface area contributed by atoms with Crippen molar-refractivity contribution in [2.45, 2.75) is 354 Å².